The lowest BCUT2D eigenvalue weighted by molar-refractivity contribution is -1.02. The van der Waals surface area contributed by atoms with E-state index in [1.54, 1.807) is 32.4 Å². The highest BCUT2D eigenvalue weighted by Gasteiger charge is 2.26. The Hall–Kier alpha value is -2.28. The molecule has 156 valence electrons. The highest BCUT2D eigenvalue weighted by Crippen LogP contribution is 2.27. The van der Waals surface area contributed by atoms with Gasteiger partial charge in [0.25, 0.3) is 5.91 Å². The van der Waals surface area contributed by atoms with Crippen molar-refractivity contribution >= 4 is 23.2 Å². The van der Waals surface area contributed by atoms with Crippen LogP contribution >= 0.6 is 11.6 Å². The molecule has 29 heavy (non-hydrogen) atoms. The molecule has 1 amide bonds. The van der Waals surface area contributed by atoms with E-state index in [9.17, 15) is 4.79 Å². The number of ether oxygens (including phenoxy) is 2. The van der Waals surface area contributed by atoms with Crippen molar-refractivity contribution < 1.29 is 24.1 Å². The van der Waals surface area contributed by atoms with Crippen molar-refractivity contribution in [3.63, 3.8) is 0 Å². The third-order valence-corrected chi connectivity index (χ3v) is 5.62. The van der Waals surface area contributed by atoms with Gasteiger partial charge >= 0.3 is 0 Å². The van der Waals surface area contributed by atoms with Gasteiger partial charge in [-0.25, -0.2) is 0 Å². The lowest BCUT2D eigenvalue weighted by Crippen LogP contribution is -3.28. The van der Waals surface area contributed by atoms with Gasteiger partial charge in [0.05, 0.1) is 19.9 Å². The highest BCUT2D eigenvalue weighted by atomic mass is 35.5. The summed E-state index contributed by atoms with van der Waals surface area (Å²) >= 11 is 6.04. The van der Waals surface area contributed by atoms with Gasteiger partial charge in [0.1, 0.15) is 44.2 Å². The highest BCUT2D eigenvalue weighted by molar-refractivity contribution is 6.31. The Morgan fingerprint density at radius 2 is 1.66 bits per heavy atom. The predicted molar refractivity (Wildman–Crippen MR) is 114 cm³/mol. The number of rotatable bonds is 7. The first-order valence-electron chi connectivity index (χ1n) is 9.92. The van der Waals surface area contributed by atoms with E-state index < -0.39 is 0 Å². The van der Waals surface area contributed by atoms with Crippen LogP contribution in [0.1, 0.15) is 11.1 Å². The van der Waals surface area contributed by atoms with E-state index in [0.717, 1.165) is 38.5 Å². The lowest BCUT2D eigenvalue weighted by atomic mass is 10.1. The van der Waals surface area contributed by atoms with Gasteiger partial charge in [-0.05, 0) is 37.3 Å². The molecule has 6 nitrogen and oxygen atoms in total. The normalized spacial score (nSPS) is 18.9. The number of halogens is 1. The zero-order valence-corrected chi connectivity index (χ0v) is 18.1. The maximum Gasteiger partial charge on any atom is 0.279 e. The van der Waals surface area contributed by atoms with E-state index in [1.807, 2.05) is 6.07 Å². The van der Waals surface area contributed by atoms with Gasteiger partial charge in [0.15, 0.2) is 6.54 Å². The number of hydrogen-bond acceptors (Lipinski definition) is 3. The summed E-state index contributed by atoms with van der Waals surface area (Å²) in [6.07, 6.45) is 0. The minimum absolute atomic E-state index is 0.0237. The van der Waals surface area contributed by atoms with E-state index in [-0.39, 0.29) is 5.91 Å². The molecular weight excluding hydrogens is 390 g/mol. The quantitative estimate of drug-likeness (QED) is 0.615. The van der Waals surface area contributed by atoms with Crippen LogP contribution in [0.25, 0.3) is 0 Å². The van der Waals surface area contributed by atoms with Crippen molar-refractivity contribution in [2.75, 3.05) is 52.3 Å². The minimum atomic E-state index is -0.0237. The minimum Gasteiger partial charge on any atom is -0.496 e. The van der Waals surface area contributed by atoms with Gasteiger partial charge in [-0.3, -0.25) is 4.79 Å². The van der Waals surface area contributed by atoms with Crippen molar-refractivity contribution in [2.45, 2.75) is 13.5 Å². The monoisotopic (exact) mass is 419 g/mol. The Bertz CT molecular complexity index is 851. The van der Waals surface area contributed by atoms with Crippen molar-refractivity contribution in [1.82, 2.24) is 0 Å². The number of nitrogens with one attached hydrogen (secondary N) is 3. The Labute approximate surface area is 177 Å². The van der Waals surface area contributed by atoms with E-state index in [0.29, 0.717) is 23.0 Å². The summed E-state index contributed by atoms with van der Waals surface area (Å²) in [7, 11) is 3.30. The lowest BCUT2D eigenvalue weighted by Gasteiger charge is -2.29. The largest absolute Gasteiger partial charge is 0.496 e. The van der Waals surface area contributed by atoms with Crippen LogP contribution in [0.3, 0.4) is 0 Å². The molecule has 1 saturated heterocycles. The number of aryl methyl sites for hydroxylation is 1. The summed E-state index contributed by atoms with van der Waals surface area (Å²) < 4.78 is 10.8. The molecule has 0 aliphatic carbocycles. The first-order valence-corrected chi connectivity index (χ1v) is 10.3. The maximum absolute atomic E-state index is 12.5. The van der Waals surface area contributed by atoms with Crippen LogP contribution in [-0.2, 0) is 11.3 Å². The average Bonchev–Trinajstić information content (AvgIpc) is 2.70. The van der Waals surface area contributed by atoms with Gasteiger partial charge in [-0.15, -0.1) is 0 Å². The van der Waals surface area contributed by atoms with Crippen LogP contribution in [0.15, 0.2) is 36.4 Å². The molecule has 0 radical (unpaired) electrons. The van der Waals surface area contributed by atoms with Crippen LogP contribution < -0.4 is 24.6 Å². The van der Waals surface area contributed by atoms with Crippen molar-refractivity contribution in [1.29, 1.82) is 0 Å². The molecule has 0 bridgehead atoms. The van der Waals surface area contributed by atoms with Crippen LogP contribution in [0.2, 0.25) is 5.02 Å². The molecule has 0 aromatic heterocycles. The first kappa shape index (κ1) is 21.4. The van der Waals surface area contributed by atoms with Gasteiger partial charge in [-0.2, -0.15) is 0 Å². The second kappa shape index (κ2) is 9.96. The van der Waals surface area contributed by atoms with Crippen LogP contribution in [0.5, 0.6) is 11.5 Å². The Morgan fingerprint density at radius 3 is 2.34 bits per heavy atom. The number of methoxy groups -OCH3 is 2. The molecule has 2 aromatic carbocycles. The molecule has 3 N–H and O–H groups in total. The maximum atomic E-state index is 12.5. The molecule has 7 heteroatoms. The van der Waals surface area contributed by atoms with Gasteiger partial charge in [0, 0.05) is 10.6 Å². The van der Waals surface area contributed by atoms with Gasteiger partial charge in [0.2, 0.25) is 0 Å². The van der Waals surface area contributed by atoms with Crippen molar-refractivity contribution in [2.24, 2.45) is 0 Å². The smallest absolute Gasteiger partial charge is 0.279 e. The van der Waals surface area contributed by atoms with E-state index >= 15 is 0 Å². The fourth-order valence-electron chi connectivity index (χ4n) is 3.82. The summed E-state index contributed by atoms with van der Waals surface area (Å²) in [4.78, 5) is 15.3. The standard InChI is InChI=1S/C22H28ClN3O3/c1-16-4-6-20(28-2)17(12-16)14-25-8-10-26(11-9-25)15-22(27)24-19-13-18(23)5-7-21(19)29-3/h4-7,12-13H,8-11,14-15H2,1-3H3,(H,24,27)/p+2. The number of benzene rings is 2. The van der Waals surface area contributed by atoms with E-state index in [4.69, 9.17) is 21.1 Å². The second-order valence-electron chi connectivity index (χ2n) is 7.56. The molecule has 0 atom stereocenters. The Morgan fingerprint density at radius 1 is 1.00 bits per heavy atom. The number of piperazine rings is 1. The van der Waals surface area contributed by atoms with Gasteiger partial charge < -0.3 is 24.6 Å². The molecule has 0 unspecified atom stereocenters. The summed E-state index contributed by atoms with van der Waals surface area (Å²) in [6.45, 7) is 7.47. The van der Waals surface area contributed by atoms with Crippen molar-refractivity contribution in [3.8, 4) is 11.5 Å². The van der Waals surface area contributed by atoms with Crippen LogP contribution in [-0.4, -0.2) is 52.9 Å². The van der Waals surface area contributed by atoms with Crippen LogP contribution in [0.4, 0.5) is 5.69 Å². The fourth-order valence-corrected chi connectivity index (χ4v) is 4.00. The Kier molecular flexibility index (Phi) is 7.36. The molecule has 0 saturated carbocycles. The molecule has 0 spiro atoms. The van der Waals surface area contributed by atoms with Gasteiger partial charge in [-0.1, -0.05) is 23.2 Å². The molecule has 1 fully saturated rings. The summed E-state index contributed by atoms with van der Waals surface area (Å²) in [6, 6.07) is 11.5. The molecule has 1 aliphatic heterocycles. The number of carbonyl (C=O) groups excluding carboxylic acids is 1. The molecule has 3 rings (SSSR count). The number of quaternary nitrogens is 2. The summed E-state index contributed by atoms with van der Waals surface area (Å²) in [5.41, 5.74) is 3.11. The molecule has 1 aliphatic rings. The fraction of sp³-hybridized carbons (Fsp3) is 0.409. The number of hydrogen-bond donors (Lipinski definition) is 3. The Balaban J connectivity index is 1.50. The predicted octanol–water partition coefficient (Wildman–Crippen LogP) is 0.588. The average molecular weight is 420 g/mol. The SMILES string of the molecule is COc1ccc(C)cc1C[NH+]1CC[NH+](CC(=O)Nc2cc(Cl)ccc2OC)CC1. The zero-order chi connectivity index (χ0) is 20.8. The van der Waals surface area contributed by atoms with Crippen LogP contribution in [0, 0.1) is 6.92 Å². The molecular formula is C22H30ClN3O3+2. The second-order valence-corrected chi connectivity index (χ2v) is 8.00. The first-order chi connectivity index (χ1) is 14.0. The van der Waals surface area contributed by atoms with E-state index in [1.165, 1.54) is 20.9 Å². The molecule has 1 heterocycles. The summed E-state index contributed by atoms with van der Waals surface area (Å²) in [5, 5.41) is 3.50. The number of amides is 1. The topological polar surface area (TPSA) is 56.4 Å². The summed E-state index contributed by atoms with van der Waals surface area (Å²) in [5.74, 6) is 1.54. The third kappa shape index (κ3) is 5.85. The third-order valence-electron chi connectivity index (χ3n) is 5.39. The number of carbonyl (C=O) groups is 1. The number of anilines is 1. The van der Waals surface area contributed by atoms with Crippen molar-refractivity contribution in [3.05, 3.63) is 52.5 Å². The van der Waals surface area contributed by atoms with E-state index in [2.05, 4.69) is 24.4 Å². The molecule has 2 aromatic rings. The zero-order valence-electron chi connectivity index (χ0n) is 17.3.